The van der Waals surface area contributed by atoms with Gasteiger partial charge < -0.3 is 10.2 Å². The van der Waals surface area contributed by atoms with E-state index in [1.54, 1.807) is 0 Å². The van der Waals surface area contributed by atoms with E-state index in [1.807, 2.05) is 0 Å². The average Bonchev–Trinajstić information content (AvgIpc) is 3.23. The minimum absolute atomic E-state index is 0.202. The first kappa shape index (κ1) is 32.9. The largest absolute Gasteiger partial charge is 0.355 e. The molecule has 3 rings (SSSR count). The first-order valence-electron chi connectivity index (χ1n) is 17.4. The SMILES string of the molecule is CCN(CC)CCNC(=O)C(CCCC(C)C)C1CCC(C)C1CCC1C(C)(C)CCC2[C@H](C)CCCC21C. The van der Waals surface area contributed by atoms with Crippen LogP contribution in [0.25, 0.3) is 0 Å². The molecule has 0 aliphatic heterocycles. The maximum atomic E-state index is 13.8. The molecule has 3 nitrogen and oxygen atoms in total. The summed E-state index contributed by atoms with van der Waals surface area (Å²) in [5, 5.41) is 3.42. The molecule has 0 bridgehead atoms. The second-order valence-electron chi connectivity index (χ2n) is 15.8. The van der Waals surface area contributed by atoms with Crippen molar-refractivity contribution >= 4 is 5.91 Å². The monoisotopic (exact) mass is 545 g/mol. The van der Waals surface area contributed by atoms with Gasteiger partial charge in [-0.2, -0.15) is 0 Å². The Labute approximate surface area is 244 Å². The Kier molecular flexibility index (Phi) is 12.3. The lowest BCUT2D eigenvalue weighted by molar-refractivity contribution is -0.128. The summed E-state index contributed by atoms with van der Waals surface area (Å²) in [6, 6.07) is 0. The summed E-state index contributed by atoms with van der Waals surface area (Å²) in [4.78, 5) is 16.2. The molecule has 7 unspecified atom stereocenters. The molecule has 0 aromatic heterocycles. The molecule has 0 radical (unpaired) electrons. The molecule has 1 N–H and O–H groups in total. The van der Waals surface area contributed by atoms with Gasteiger partial charge in [-0.05, 0) is 110 Å². The molecule has 3 aliphatic rings. The number of hydrogen-bond donors (Lipinski definition) is 1. The van der Waals surface area contributed by atoms with Crippen molar-refractivity contribution in [2.45, 2.75) is 139 Å². The van der Waals surface area contributed by atoms with Crippen LogP contribution in [0.15, 0.2) is 0 Å². The fourth-order valence-corrected chi connectivity index (χ4v) is 10.2. The van der Waals surface area contributed by atoms with Gasteiger partial charge in [-0.25, -0.2) is 0 Å². The number of hydrogen-bond acceptors (Lipinski definition) is 2. The lowest BCUT2D eigenvalue weighted by Crippen LogP contribution is -2.51. The van der Waals surface area contributed by atoms with Crippen molar-refractivity contribution in [2.75, 3.05) is 26.2 Å². The second kappa shape index (κ2) is 14.6. The highest BCUT2D eigenvalue weighted by Crippen LogP contribution is 2.62. The van der Waals surface area contributed by atoms with Crippen molar-refractivity contribution in [1.29, 1.82) is 0 Å². The summed E-state index contributed by atoms with van der Waals surface area (Å²) in [5.74, 6) is 5.95. The molecule has 1 amide bonds. The van der Waals surface area contributed by atoms with Crippen LogP contribution in [0.1, 0.15) is 139 Å². The van der Waals surface area contributed by atoms with E-state index in [-0.39, 0.29) is 5.92 Å². The summed E-state index contributed by atoms with van der Waals surface area (Å²) >= 11 is 0. The van der Waals surface area contributed by atoms with Crippen LogP contribution in [0, 0.1) is 58.2 Å². The Bertz CT molecular complexity index is 742. The highest BCUT2D eigenvalue weighted by Gasteiger charge is 2.54. The minimum Gasteiger partial charge on any atom is -0.355 e. The predicted molar refractivity (Wildman–Crippen MR) is 169 cm³/mol. The quantitative estimate of drug-likeness (QED) is 0.236. The van der Waals surface area contributed by atoms with Gasteiger partial charge >= 0.3 is 0 Å². The van der Waals surface area contributed by atoms with Crippen LogP contribution in [0.4, 0.5) is 0 Å². The van der Waals surface area contributed by atoms with E-state index in [2.05, 4.69) is 72.5 Å². The van der Waals surface area contributed by atoms with Gasteiger partial charge in [0.25, 0.3) is 0 Å². The van der Waals surface area contributed by atoms with Crippen LogP contribution in [0.2, 0.25) is 0 Å². The van der Waals surface area contributed by atoms with Crippen LogP contribution >= 0.6 is 0 Å². The Balaban J connectivity index is 1.73. The topological polar surface area (TPSA) is 32.3 Å². The van der Waals surface area contributed by atoms with Gasteiger partial charge in [-0.1, -0.05) is 94.4 Å². The lowest BCUT2D eigenvalue weighted by atomic mass is 9.46. The second-order valence-corrected chi connectivity index (χ2v) is 15.8. The molecular formula is C36H68N2O. The Morgan fingerprint density at radius 2 is 1.64 bits per heavy atom. The predicted octanol–water partition coefficient (Wildman–Crippen LogP) is 9.21. The highest BCUT2D eigenvalue weighted by molar-refractivity contribution is 5.79. The van der Waals surface area contributed by atoms with E-state index >= 15 is 0 Å². The van der Waals surface area contributed by atoms with Crippen molar-refractivity contribution in [3.63, 3.8) is 0 Å². The third-order valence-corrected chi connectivity index (χ3v) is 12.5. The normalized spacial score (nSPS) is 35.3. The number of carbonyl (C=O) groups is 1. The van der Waals surface area contributed by atoms with E-state index in [0.717, 1.165) is 62.2 Å². The average molecular weight is 545 g/mol. The third kappa shape index (κ3) is 8.04. The molecular weight excluding hydrogens is 476 g/mol. The van der Waals surface area contributed by atoms with E-state index in [1.165, 1.54) is 70.6 Å². The van der Waals surface area contributed by atoms with Gasteiger partial charge in [0.1, 0.15) is 0 Å². The lowest BCUT2D eigenvalue weighted by Gasteiger charge is -2.59. The molecule has 3 fully saturated rings. The molecule has 8 atom stereocenters. The number of fused-ring (bicyclic) bond motifs is 1. The van der Waals surface area contributed by atoms with Crippen LogP contribution in [-0.4, -0.2) is 37.0 Å². The Morgan fingerprint density at radius 1 is 0.923 bits per heavy atom. The van der Waals surface area contributed by atoms with Crippen molar-refractivity contribution in [2.24, 2.45) is 58.2 Å². The van der Waals surface area contributed by atoms with Crippen molar-refractivity contribution in [1.82, 2.24) is 10.2 Å². The number of nitrogens with one attached hydrogen (secondary N) is 1. The first-order chi connectivity index (χ1) is 18.4. The van der Waals surface area contributed by atoms with Gasteiger partial charge in [-0.3, -0.25) is 4.79 Å². The van der Waals surface area contributed by atoms with Crippen LogP contribution in [-0.2, 0) is 4.79 Å². The number of nitrogens with zero attached hydrogens (tertiary/aromatic N) is 1. The molecule has 228 valence electrons. The van der Waals surface area contributed by atoms with E-state index in [4.69, 9.17) is 0 Å². The van der Waals surface area contributed by atoms with Gasteiger partial charge in [0, 0.05) is 19.0 Å². The van der Waals surface area contributed by atoms with Crippen molar-refractivity contribution < 1.29 is 4.79 Å². The summed E-state index contributed by atoms with van der Waals surface area (Å²) < 4.78 is 0. The summed E-state index contributed by atoms with van der Waals surface area (Å²) in [7, 11) is 0. The van der Waals surface area contributed by atoms with Crippen molar-refractivity contribution in [3.05, 3.63) is 0 Å². The maximum absolute atomic E-state index is 13.8. The zero-order chi connectivity index (χ0) is 28.8. The van der Waals surface area contributed by atoms with Gasteiger partial charge in [0.15, 0.2) is 0 Å². The smallest absolute Gasteiger partial charge is 0.223 e. The third-order valence-electron chi connectivity index (χ3n) is 12.5. The molecule has 3 saturated carbocycles. The summed E-state index contributed by atoms with van der Waals surface area (Å²) in [6.45, 7) is 25.9. The zero-order valence-corrected chi connectivity index (χ0v) is 27.8. The minimum atomic E-state index is 0.202. The molecule has 0 saturated heterocycles. The molecule has 39 heavy (non-hydrogen) atoms. The number of carbonyl (C=O) groups excluding carboxylic acids is 1. The maximum Gasteiger partial charge on any atom is 0.223 e. The number of likely N-dealkylation sites (N-methyl/N-ethyl adjacent to an activating group) is 1. The standard InChI is InChI=1S/C36H68N2O/c1-10-38(11-2)25-24-37-34(39)31(16-12-14-26(3)4)30-18-17-27(5)29(30)19-20-33-35(7,8)23-21-32-28(6)15-13-22-36(32,33)9/h26-33H,10-25H2,1-9H3,(H,37,39)/t27?,28-,29?,30?,31?,32?,33?,36?/m1/s1. The number of rotatable bonds is 14. The van der Waals surface area contributed by atoms with E-state index in [0.29, 0.717) is 28.6 Å². The molecule has 0 heterocycles. The van der Waals surface area contributed by atoms with Crippen molar-refractivity contribution in [3.8, 4) is 0 Å². The summed E-state index contributed by atoms with van der Waals surface area (Å²) in [5.41, 5.74) is 0.952. The summed E-state index contributed by atoms with van der Waals surface area (Å²) in [6.07, 6.45) is 15.9. The van der Waals surface area contributed by atoms with Crippen LogP contribution < -0.4 is 5.32 Å². The molecule has 0 aromatic rings. The molecule has 0 spiro atoms. The van der Waals surface area contributed by atoms with E-state index < -0.39 is 0 Å². The fourth-order valence-electron chi connectivity index (χ4n) is 10.2. The highest BCUT2D eigenvalue weighted by atomic mass is 16.1. The Morgan fingerprint density at radius 3 is 2.31 bits per heavy atom. The van der Waals surface area contributed by atoms with Gasteiger partial charge in [0.2, 0.25) is 5.91 Å². The molecule has 3 heteroatoms. The van der Waals surface area contributed by atoms with Gasteiger partial charge in [-0.15, -0.1) is 0 Å². The first-order valence-corrected chi connectivity index (χ1v) is 17.4. The van der Waals surface area contributed by atoms with Crippen LogP contribution in [0.5, 0.6) is 0 Å². The molecule has 3 aliphatic carbocycles. The molecule has 0 aromatic carbocycles. The fraction of sp³-hybridized carbons (Fsp3) is 0.972. The number of amides is 1. The zero-order valence-electron chi connectivity index (χ0n) is 27.8. The van der Waals surface area contributed by atoms with E-state index in [9.17, 15) is 4.79 Å². The Hall–Kier alpha value is -0.570. The van der Waals surface area contributed by atoms with Gasteiger partial charge in [0.05, 0.1) is 0 Å². The van der Waals surface area contributed by atoms with Crippen LogP contribution in [0.3, 0.4) is 0 Å².